The number of nitrogens with zero attached hydrogens (tertiary/aromatic N) is 2. The van der Waals surface area contributed by atoms with Gasteiger partial charge in [-0.3, -0.25) is 14.9 Å². The fourth-order valence-electron chi connectivity index (χ4n) is 1.98. The summed E-state index contributed by atoms with van der Waals surface area (Å²) in [5.41, 5.74) is 2.92. The van der Waals surface area contributed by atoms with Gasteiger partial charge in [-0.05, 0) is 46.9 Å². The molecule has 0 aliphatic rings. The molecule has 0 heterocycles. The fourth-order valence-corrected chi connectivity index (χ4v) is 2.34. The van der Waals surface area contributed by atoms with E-state index in [1.54, 1.807) is 24.3 Å². The van der Waals surface area contributed by atoms with Crippen LogP contribution in [0.1, 0.15) is 15.9 Å². The molecule has 0 aliphatic carbocycles. The lowest BCUT2D eigenvalue weighted by Crippen LogP contribution is -2.17. The molecule has 0 aromatic heterocycles. The summed E-state index contributed by atoms with van der Waals surface area (Å²) in [5.74, 6) is 0.00580. The van der Waals surface area contributed by atoms with Crippen molar-refractivity contribution in [2.24, 2.45) is 5.10 Å². The molecular formula is C16H14IN3O5. The fraction of sp³-hybridized carbons (Fsp3) is 0.125. The smallest absolute Gasteiger partial charge is 0.311 e. The molecule has 0 fully saturated rings. The standard InChI is InChI=1S/C16H14IN3O5/c1-24-14-8-15(25-2)13(20(22)23)7-11(14)9-18-19-16(21)10-3-5-12(17)6-4-10/h3-9H,1-2H3,(H,19,21)/b18-9-. The Morgan fingerprint density at radius 1 is 1.20 bits per heavy atom. The monoisotopic (exact) mass is 455 g/mol. The maximum atomic E-state index is 12.0. The zero-order valence-corrected chi connectivity index (χ0v) is 15.5. The zero-order chi connectivity index (χ0) is 18.4. The first kappa shape index (κ1) is 18.6. The van der Waals surface area contributed by atoms with Gasteiger partial charge in [0.1, 0.15) is 5.75 Å². The molecule has 9 heteroatoms. The lowest BCUT2D eigenvalue weighted by Gasteiger charge is -2.08. The first-order valence-corrected chi connectivity index (χ1v) is 8.03. The van der Waals surface area contributed by atoms with Crippen molar-refractivity contribution >= 4 is 40.4 Å². The lowest BCUT2D eigenvalue weighted by molar-refractivity contribution is -0.385. The predicted molar refractivity (Wildman–Crippen MR) is 100 cm³/mol. The van der Waals surface area contributed by atoms with Crippen LogP contribution in [0.5, 0.6) is 11.5 Å². The molecule has 0 spiro atoms. The van der Waals surface area contributed by atoms with Crippen LogP contribution < -0.4 is 14.9 Å². The molecule has 130 valence electrons. The number of nitro groups is 1. The number of rotatable bonds is 6. The van der Waals surface area contributed by atoms with E-state index in [2.05, 4.69) is 33.1 Å². The van der Waals surface area contributed by atoms with Crippen molar-refractivity contribution in [1.29, 1.82) is 0 Å². The quantitative estimate of drug-likeness (QED) is 0.312. The summed E-state index contributed by atoms with van der Waals surface area (Å²) >= 11 is 2.14. The molecule has 0 unspecified atom stereocenters. The second-order valence-corrected chi connectivity index (χ2v) is 5.97. The normalized spacial score (nSPS) is 10.5. The second kappa shape index (κ2) is 8.42. The van der Waals surface area contributed by atoms with Crippen molar-refractivity contribution in [2.75, 3.05) is 14.2 Å². The Bertz CT molecular complexity index is 821. The van der Waals surface area contributed by atoms with E-state index in [0.717, 1.165) is 3.57 Å². The lowest BCUT2D eigenvalue weighted by atomic mass is 10.1. The summed E-state index contributed by atoms with van der Waals surface area (Å²) in [4.78, 5) is 22.5. The van der Waals surface area contributed by atoms with Crippen molar-refractivity contribution in [2.45, 2.75) is 0 Å². The molecule has 0 atom stereocenters. The van der Waals surface area contributed by atoms with Gasteiger partial charge in [0.25, 0.3) is 5.91 Å². The number of hydrogen-bond acceptors (Lipinski definition) is 6. The van der Waals surface area contributed by atoms with Crippen LogP contribution >= 0.6 is 22.6 Å². The van der Waals surface area contributed by atoms with E-state index in [0.29, 0.717) is 16.9 Å². The number of methoxy groups -OCH3 is 2. The molecule has 0 radical (unpaired) electrons. The number of halogens is 1. The van der Waals surface area contributed by atoms with Crippen LogP contribution in [0.3, 0.4) is 0 Å². The molecule has 8 nitrogen and oxygen atoms in total. The Kier molecular flexibility index (Phi) is 6.28. The van der Waals surface area contributed by atoms with Crippen LogP contribution in [0, 0.1) is 13.7 Å². The zero-order valence-electron chi connectivity index (χ0n) is 13.4. The molecule has 0 aliphatic heterocycles. The number of carbonyl (C=O) groups excluding carboxylic acids is 1. The Balaban J connectivity index is 2.22. The van der Waals surface area contributed by atoms with Crippen LogP contribution in [-0.2, 0) is 0 Å². The molecular weight excluding hydrogens is 441 g/mol. The maximum Gasteiger partial charge on any atom is 0.311 e. The number of ether oxygens (including phenoxy) is 2. The molecule has 1 N–H and O–H groups in total. The highest BCUT2D eigenvalue weighted by Gasteiger charge is 2.18. The van der Waals surface area contributed by atoms with E-state index in [1.165, 1.54) is 32.6 Å². The van der Waals surface area contributed by atoms with Gasteiger partial charge in [-0.15, -0.1) is 0 Å². The number of amides is 1. The van der Waals surface area contributed by atoms with Crippen molar-refractivity contribution in [3.63, 3.8) is 0 Å². The van der Waals surface area contributed by atoms with Gasteiger partial charge in [0, 0.05) is 26.8 Å². The van der Waals surface area contributed by atoms with Crippen molar-refractivity contribution in [1.82, 2.24) is 5.43 Å². The average molecular weight is 455 g/mol. The van der Waals surface area contributed by atoms with Crippen molar-refractivity contribution in [3.05, 3.63) is 61.2 Å². The van der Waals surface area contributed by atoms with E-state index in [-0.39, 0.29) is 11.4 Å². The summed E-state index contributed by atoms with van der Waals surface area (Å²) in [6, 6.07) is 9.60. The third-order valence-corrected chi connectivity index (χ3v) is 3.92. The molecule has 25 heavy (non-hydrogen) atoms. The topological polar surface area (TPSA) is 103 Å². The van der Waals surface area contributed by atoms with E-state index >= 15 is 0 Å². The highest BCUT2D eigenvalue weighted by molar-refractivity contribution is 14.1. The SMILES string of the molecule is COc1cc(OC)c([N+](=O)[O-])cc1/C=N\NC(=O)c1ccc(I)cc1. The van der Waals surface area contributed by atoms with Crippen LogP contribution in [0.2, 0.25) is 0 Å². The van der Waals surface area contributed by atoms with Gasteiger partial charge in [-0.1, -0.05) is 0 Å². The van der Waals surface area contributed by atoms with E-state index in [1.807, 2.05) is 0 Å². The van der Waals surface area contributed by atoms with Crippen molar-refractivity contribution < 1.29 is 19.2 Å². The number of hydrogen-bond donors (Lipinski definition) is 1. The predicted octanol–water partition coefficient (Wildman–Crippen LogP) is 2.98. The average Bonchev–Trinajstić information content (AvgIpc) is 2.61. The van der Waals surface area contributed by atoms with Crippen LogP contribution in [-0.4, -0.2) is 31.3 Å². The Morgan fingerprint density at radius 3 is 2.40 bits per heavy atom. The number of benzene rings is 2. The second-order valence-electron chi connectivity index (χ2n) is 4.73. The summed E-state index contributed by atoms with van der Waals surface area (Å²) in [6.07, 6.45) is 1.27. The van der Waals surface area contributed by atoms with Gasteiger partial charge in [-0.25, -0.2) is 5.43 Å². The van der Waals surface area contributed by atoms with Crippen molar-refractivity contribution in [3.8, 4) is 11.5 Å². The minimum absolute atomic E-state index is 0.0712. The molecule has 0 saturated heterocycles. The van der Waals surface area contributed by atoms with Gasteiger partial charge in [0.2, 0.25) is 5.75 Å². The summed E-state index contributed by atoms with van der Waals surface area (Å²) in [6.45, 7) is 0. The molecule has 0 bridgehead atoms. The minimum atomic E-state index is -0.570. The number of carbonyl (C=O) groups is 1. The summed E-state index contributed by atoms with van der Waals surface area (Å²) in [5, 5.41) is 14.9. The van der Waals surface area contributed by atoms with Crippen LogP contribution in [0.15, 0.2) is 41.5 Å². The first-order valence-electron chi connectivity index (χ1n) is 6.95. The van der Waals surface area contributed by atoms with Gasteiger partial charge in [0.05, 0.1) is 25.4 Å². The van der Waals surface area contributed by atoms with Crippen LogP contribution in [0.4, 0.5) is 5.69 Å². The summed E-state index contributed by atoms with van der Waals surface area (Å²) < 4.78 is 11.2. The Labute approximate surface area is 157 Å². The Hall–Kier alpha value is -2.69. The number of nitro benzene ring substituents is 1. The molecule has 2 rings (SSSR count). The van der Waals surface area contributed by atoms with Gasteiger partial charge < -0.3 is 9.47 Å². The van der Waals surface area contributed by atoms with Gasteiger partial charge in [0.15, 0.2) is 0 Å². The first-order chi connectivity index (χ1) is 12.0. The third-order valence-electron chi connectivity index (χ3n) is 3.20. The highest BCUT2D eigenvalue weighted by Crippen LogP contribution is 2.33. The molecule has 2 aromatic rings. The highest BCUT2D eigenvalue weighted by atomic mass is 127. The van der Waals surface area contributed by atoms with E-state index in [9.17, 15) is 14.9 Å². The number of hydrazone groups is 1. The maximum absolute atomic E-state index is 12.0. The Morgan fingerprint density at radius 2 is 1.84 bits per heavy atom. The minimum Gasteiger partial charge on any atom is -0.496 e. The molecule has 2 aromatic carbocycles. The largest absolute Gasteiger partial charge is 0.496 e. The van der Waals surface area contributed by atoms with E-state index < -0.39 is 10.8 Å². The van der Waals surface area contributed by atoms with Gasteiger partial charge >= 0.3 is 5.69 Å². The third kappa shape index (κ3) is 4.66. The van der Waals surface area contributed by atoms with Gasteiger partial charge in [-0.2, -0.15) is 5.10 Å². The molecule has 1 amide bonds. The number of nitrogens with one attached hydrogen (secondary N) is 1. The molecule has 0 saturated carbocycles. The summed E-state index contributed by atoms with van der Waals surface area (Å²) in [7, 11) is 2.75. The van der Waals surface area contributed by atoms with E-state index in [4.69, 9.17) is 9.47 Å². The van der Waals surface area contributed by atoms with Crippen LogP contribution in [0.25, 0.3) is 0 Å².